The molecule has 0 unspecified atom stereocenters. The number of rotatable bonds is 5. The molecule has 1 N–H and O–H groups in total. The number of likely N-dealkylation sites (tertiary alicyclic amines) is 2. The summed E-state index contributed by atoms with van der Waals surface area (Å²) in [6.45, 7) is 4.10. The minimum atomic E-state index is -0.738. The number of carbonyl (C=O) groups excluding carboxylic acids is 1. The second-order valence-electron chi connectivity index (χ2n) is 7.25. The molecule has 0 aliphatic carbocycles. The first-order chi connectivity index (χ1) is 11.5. The second kappa shape index (κ2) is 7.85. The zero-order valence-corrected chi connectivity index (χ0v) is 15.0. The van der Waals surface area contributed by atoms with Crippen LogP contribution in [-0.2, 0) is 11.2 Å². The van der Waals surface area contributed by atoms with E-state index in [2.05, 4.69) is 4.90 Å². The van der Waals surface area contributed by atoms with E-state index in [0.29, 0.717) is 24.5 Å². The van der Waals surface area contributed by atoms with E-state index in [1.165, 1.54) is 12.8 Å². The van der Waals surface area contributed by atoms with Crippen LogP contribution < -0.4 is 0 Å². The van der Waals surface area contributed by atoms with Gasteiger partial charge in [0.2, 0.25) is 5.91 Å². The summed E-state index contributed by atoms with van der Waals surface area (Å²) in [5.74, 6) is 0.143. The largest absolute Gasteiger partial charge is 0.387 e. The van der Waals surface area contributed by atoms with Gasteiger partial charge in [-0.15, -0.1) is 0 Å². The Morgan fingerprint density at radius 3 is 2.54 bits per heavy atom. The predicted molar refractivity (Wildman–Crippen MR) is 96.2 cm³/mol. The number of β-amino-alcohol motifs (C(OH)–C–C–N with tert-alkyl or cyclic N) is 1. The molecule has 0 radical (unpaired) electrons. The van der Waals surface area contributed by atoms with Gasteiger partial charge in [0.25, 0.3) is 0 Å². The fourth-order valence-electron chi connectivity index (χ4n) is 3.87. The molecule has 3 rings (SSSR count). The molecule has 2 heterocycles. The van der Waals surface area contributed by atoms with E-state index in [4.69, 9.17) is 11.6 Å². The third kappa shape index (κ3) is 4.71. The van der Waals surface area contributed by atoms with Crippen molar-refractivity contribution in [2.45, 2.75) is 44.1 Å². The molecule has 1 amide bonds. The van der Waals surface area contributed by atoms with Gasteiger partial charge in [-0.3, -0.25) is 4.79 Å². The lowest BCUT2D eigenvalue weighted by Gasteiger charge is -2.41. The molecule has 0 bridgehead atoms. The van der Waals surface area contributed by atoms with Crippen molar-refractivity contribution in [3.05, 3.63) is 34.9 Å². The van der Waals surface area contributed by atoms with Crippen LogP contribution in [0.2, 0.25) is 5.02 Å². The minimum absolute atomic E-state index is 0.143. The van der Waals surface area contributed by atoms with Gasteiger partial charge in [0.05, 0.1) is 12.1 Å². The molecule has 1 aromatic rings. The van der Waals surface area contributed by atoms with Crippen LogP contribution in [0.1, 0.15) is 37.7 Å². The summed E-state index contributed by atoms with van der Waals surface area (Å²) in [5.41, 5.74) is 0.385. The number of amides is 1. The molecular weight excluding hydrogens is 324 g/mol. The maximum Gasteiger partial charge on any atom is 0.223 e. The van der Waals surface area contributed by atoms with Gasteiger partial charge in [-0.25, -0.2) is 0 Å². The van der Waals surface area contributed by atoms with E-state index in [1.54, 1.807) is 0 Å². The Bertz CT molecular complexity index is 557. The second-order valence-corrected chi connectivity index (χ2v) is 7.69. The highest BCUT2D eigenvalue weighted by Gasteiger charge is 2.36. The van der Waals surface area contributed by atoms with Crippen LogP contribution in [0.15, 0.2) is 24.3 Å². The van der Waals surface area contributed by atoms with Crippen molar-refractivity contribution in [3.63, 3.8) is 0 Å². The SMILES string of the molecule is O=C(CCc1ccc(Cl)cc1)N1CCC[C@@](O)(CN2CCCC2)C1. The summed E-state index contributed by atoms with van der Waals surface area (Å²) in [7, 11) is 0. The van der Waals surface area contributed by atoms with Gasteiger partial charge in [-0.05, 0) is 62.9 Å². The van der Waals surface area contributed by atoms with Crippen molar-refractivity contribution in [1.29, 1.82) is 0 Å². The van der Waals surface area contributed by atoms with Crippen molar-refractivity contribution in [3.8, 4) is 0 Å². The average molecular weight is 351 g/mol. The maximum absolute atomic E-state index is 12.5. The van der Waals surface area contributed by atoms with Crippen LogP contribution in [0.5, 0.6) is 0 Å². The molecule has 24 heavy (non-hydrogen) atoms. The number of halogens is 1. The van der Waals surface area contributed by atoms with E-state index < -0.39 is 5.60 Å². The first-order valence-electron chi connectivity index (χ1n) is 9.01. The van der Waals surface area contributed by atoms with Crippen molar-refractivity contribution < 1.29 is 9.90 Å². The molecule has 2 aliphatic heterocycles. The van der Waals surface area contributed by atoms with Crippen molar-refractivity contribution >= 4 is 17.5 Å². The number of carbonyl (C=O) groups is 1. The minimum Gasteiger partial charge on any atom is -0.387 e. The lowest BCUT2D eigenvalue weighted by atomic mass is 9.92. The smallest absolute Gasteiger partial charge is 0.223 e. The van der Waals surface area contributed by atoms with Gasteiger partial charge < -0.3 is 14.9 Å². The van der Waals surface area contributed by atoms with Crippen LogP contribution in [0.4, 0.5) is 0 Å². The lowest BCUT2D eigenvalue weighted by Crippen LogP contribution is -2.55. The maximum atomic E-state index is 12.5. The quantitative estimate of drug-likeness (QED) is 0.888. The molecule has 0 aromatic heterocycles. The van der Waals surface area contributed by atoms with Gasteiger partial charge in [-0.1, -0.05) is 23.7 Å². The monoisotopic (exact) mass is 350 g/mol. The van der Waals surface area contributed by atoms with Gasteiger partial charge in [0.15, 0.2) is 0 Å². The highest BCUT2D eigenvalue weighted by molar-refractivity contribution is 6.30. The summed E-state index contributed by atoms with van der Waals surface area (Å²) in [6.07, 6.45) is 5.33. The Hall–Kier alpha value is -1.10. The predicted octanol–water partition coefficient (Wildman–Crippen LogP) is 2.72. The summed E-state index contributed by atoms with van der Waals surface area (Å²) in [5, 5.41) is 11.6. The summed E-state index contributed by atoms with van der Waals surface area (Å²) < 4.78 is 0. The molecule has 132 valence electrons. The summed E-state index contributed by atoms with van der Waals surface area (Å²) in [4.78, 5) is 16.7. The average Bonchev–Trinajstić information content (AvgIpc) is 3.06. The Kier molecular flexibility index (Phi) is 5.80. The molecule has 2 fully saturated rings. The standard InChI is InChI=1S/C19H27ClN2O2/c20-17-7-4-16(5-8-17)6-9-18(23)22-13-3-10-19(24,15-22)14-21-11-1-2-12-21/h4-5,7-8,24H,1-3,6,9-15H2/t19-/m1/s1. The number of hydrogen-bond acceptors (Lipinski definition) is 3. The normalized spacial score (nSPS) is 25.2. The first-order valence-corrected chi connectivity index (χ1v) is 9.39. The molecule has 1 aromatic carbocycles. The molecule has 4 nitrogen and oxygen atoms in total. The van der Waals surface area contributed by atoms with Gasteiger partial charge in [-0.2, -0.15) is 0 Å². The van der Waals surface area contributed by atoms with Crippen LogP contribution in [0.3, 0.4) is 0 Å². The Morgan fingerprint density at radius 1 is 1.12 bits per heavy atom. The number of aryl methyl sites for hydroxylation is 1. The summed E-state index contributed by atoms with van der Waals surface area (Å²) in [6, 6.07) is 7.65. The van der Waals surface area contributed by atoms with Crippen molar-refractivity contribution in [2.24, 2.45) is 0 Å². The number of nitrogens with zero attached hydrogens (tertiary/aromatic N) is 2. The topological polar surface area (TPSA) is 43.8 Å². The Labute approximate surface area is 149 Å². The molecular formula is C19H27ClN2O2. The fraction of sp³-hybridized carbons (Fsp3) is 0.632. The third-order valence-electron chi connectivity index (χ3n) is 5.17. The van der Waals surface area contributed by atoms with E-state index in [1.807, 2.05) is 29.2 Å². The van der Waals surface area contributed by atoms with E-state index in [-0.39, 0.29) is 5.91 Å². The lowest BCUT2D eigenvalue weighted by molar-refractivity contribution is -0.139. The zero-order chi connectivity index (χ0) is 17.0. The third-order valence-corrected chi connectivity index (χ3v) is 5.42. The van der Waals surface area contributed by atoms with Crippen LogP contribution in [0.25, 0.3) is 0 Å². The Morgan fingerprint density at radius 2 is 1.83 bits per heavy atom. The molecule has 1 atom stereocenters. The van der Waals surface area contributed by atoms with Gasteiger partial charge in [0, 0.05) is 24.5 Å². The number of benzene rings is 1. The van der Waals surface area contributed by atoms with E-state index in [0.717, 1.165) is 44.5 Å². The van der Waals surface area contributed by atoms with E-state index in [9.17, 15) is 9.90 Å². The van der Waals surface area contributed by atoms with E-state index >= 15 is 0 Å². The molecule has 2 saturated heterocycles. The molecule has 0 spiro atoms. The number of piperidine rings is 1. The first kappa shape index (κ1) is 17.7. The molecule has 0 saturated carbocycles. The van der Waals surface area contributed by atoms with Gasteiger partial charge in [0.1, 0.15) is 0 Å². The number of aliphatic hydroxyl groups is 1. The van der Waals surface area contributed by atoms with Crippen molar-refractivity contribution in [1.82, 2.24) is 9.80 Å². The highest BCUT2D eigenvalue weighted by atomic mass is 35.5. The molecule has 5 heteroatoms. The van der Waals surface area contributed by atoms with Crippen LogP contribution in [0, 0.1) is 0 Å². The van der Waals surface area contributed by atoms with Crippen LogP contribution in [-0.4, -0.2) is 59.1 Å². The number of hydrogen-bond donors (Lipinski definition) is 1. The Balaban J connectivity index is 1.51. The highest BCUT2D eigenvalue weighted by Crippen LogP contribution is 2.25. The van der Waals surface area contributed by atoms with Crippen molar-refractivity contribution in [2.75, 3.05) is 32.7 Å². The molecule has 2 aliphatic rings. The fourth-order valence-corrected chi connectivity index (χ4v) is 4.00. The van der Waals surface area contributed by atoms with Crippen LogP contribution >= 0.6 is 11.6 Å². The van der Waals surface area contributed by atoms with Gasteiger partial charge >= 0.3 is 0 Å². The summed E-state index contributed by atoms with van der Waals surface area (Å²) >= 11 is 5.89. The zero-order valence-electron chi connectivity index (χ0n) is 14.2.